The van der Waals surface area contributed by atoms with Gasteiger partial charge in [0.15, 0.2) is 12.5 Å². The van der Waals surface area contributed by atoms with E-state index < -0.39 is 10.9 Å². The van der Waals surface area contributed by atoms with Crippen molar-refractivity contribution < 1.29 is 19.6 Å². The van der Waals surface area contributed by atoms with Gasteiger partial charge in [-0.05, 0) is 12.1 Å². The minimum Gasteiger partial charge on any atom is -0.543 e. The van der Waals surface area contributed by atoms with Gasteiger partial charge in [0.05, 0.1) is 10.9 Å². The van der Waals surface area contributed by atoms with E-state index in [1.807, 2.05) is 0 Å². The lowest BCUT2D eigenvalue weighted by Gasteiger charge is -2.06. The quantitative estimate of drug-likeness (QED) is 0.561. The molecule has 0 saturated heterocycles. The maximum Gasteiger partial charge on any atom is 0.311 e. The largest absolute Gasteiger partial charge is 0.543 e. The van der Waals surface area contributed by atoms with Gasteiger partial charge in [-0.25, -0.2) is 4.68 Å². The van der Waals surface area contributed by atoms with Crippen LogP contribution in [0.3, 0.4) is 0 Å². The maximum absolute atomic E-state index is 10.7. The molecule has 0 fully saturated rings. The van der Waals surface area contributed by atoms with Crippen molar-refractivity contribution in [2.45, 2.75) is 6.73 Å². The number of aromatic carboxylic acids is 1. The Balaban J connectivity index is 2.10. The Labute approximate surface area is 107 Å². The van der Waals surface area contributed by atoms with Gasteiger partial charge in [-0.1, -0.05) is 12.1 Å². The first-order chi connectivity index (χ1) is 9.08. The van der Waals surface area contributed by atoms with Gasteiger partial charge >= 0.3 is 5.69 Å². The van der Waals surface area contributed by atoms with E-state index in [9.17, 15) is 20.0 Å². The number of nitrogens with zero attached hydrogens (tertiary/aromatic N) is 3. The van der Waals surface area contributed by atoms with Crippen LogP contribution >= 0.6 is 0 Å². The number of aromatic nitrogens is 2. The molecule has 0 N–H and O–H groups in total. The summed E-state index contributed by atoms with van der Waals surface area (Å²) in [5.41, 5.74) is -0.402. The van der Waals surface area contributed by atoms with Gasteiger partial charge in [0.2, 0.25) is 0 Å². The molecule has 8 nitrogen and oxygen atoms in total. The van der Waals surface area contributed by atoms with Gasteiger partial charge < -0.3 is 14.6 Å². The number of hydrogen-bond donors (Lipinski definition) is 0. The van der Waals surface area contributed by atoms with Crippen LogP contribution in [0.1, 0.15) is 10.5 Å². The Bertz CT molecular complexity index is 622. The van der Waals surface area contributed by atoms with E-state index in [-0.39, 0.29) is 23.9 Å². The highest BCUT2D eigenvalue weighted by molar-refractivity contribution is 5.83. The van der Waals surface area contributed by atoms with Crippen molar-refractivity contribution in [3.05, 3.63) is 52.3 Å². The standard InChI is InChI=1S/C11H9N3O5/c15-11(16)8-5-6-13(12-8)7-19-10-4-2-1-3-9(10)14(17)18/h1-6H,7H2,(H,15,16)/p-1. The highest BCUT2D eigenvalue weighted by atomic mass is 16.6. The average Bonchev–Trinajstić information content (AvgIpc) is 2.85. The van der Waals surface area contributed by atoms with Gasteiger partial charge in [0.25, 0.3) is 0 Å². The lowest BCUT2D eigenvalue weighted by atomic mass is 10.3. The van der Waals surface area contributed by atoms with Crippen molar-refractivity contribution >= 4 is 11.7 Å². The third-order valence-electron chi connectivity index (χ3n) is 2.26. The summed E-state index contributed by atoms with van der Waals surface area (Å²) in [6, 6.07) is 7.12. The van der Waals surface area contributed by atoms with Crippen LogP contribution < -0.4 is 9.84 Å². The Kier molecular flexibility index (Phi) is 3.42. The lowest BCUT2D eigenvalue weighted by molar-refractivity contribution is -0.386. The summed E-state index contributed by atoms with van der Waals surface area (Å²) in [4.78, 5) is 20.7. The van der Waals surface area contributed by atoms with Crippen molar-refractivity contribution in [3.63, 3.8) is 0 Å². The highest BCUT2D eigenvalue weighted by Crippen LogP contribution is 2.25. The molecule has 2 rings (SSSR count). The fraction of sp³-hybridized carbons (Fsp3) is 0.0909. The number of hydrogen-bond acceptors (Lipinski definition) is 6. The summed E-state index contributed by atoms with van der Waals surface area (Å²) in [7, 11) is 0. The third-order valence-corrected chi connectivity index (χ3v) is 2.26. The van der Waals surface area contributed by atoms with Gasteiger partial charge in [-0.15, -0.1) is 0 Å². The minimum atomic E-state index is -1.40. The lowest BCUT2D eigenvalue weighted by Crippen LogP contribution is -2.23. The molecule has 2 aromatic rings. The molecule has 0 aliphatic rings. The number of benzene rings is 1. The zero-order valence-electron chi connectivity index (χ0n) is 9.55. The van der Waals surface area contributed by atoms with Crippen LogP contribution in [-0.4, -0.2) is 20.7 Å². The maximum atomic E-state index is 10.7. The molecule has 1 aromatic heterocycles. The molecular formula is C11H8N3O5-. The molecule has 0 aliphatic carbocycles. The summed E-state index contributed by atoms with van der Waals surface area (Å²) in [5, 5.41) is 24.9. The van der Waals surface area contributed by atoms with Crippen LogP contribution in [0.15, 0.2) is 36.5 Å². The van der Waals surface area contributed by atoms with Crippen molar-refractivity contribution in [1.82, 2.24) is 9.78 Å². The minimum absolute atomic E-state index is 0.0815. The number of nitro groups is 1. The molecule has 0 spiro atoms. The first kappa shape index (κ1) is 12.6. The molecule has 0 saturated carbocycles. The number of carboxylic acids is 1. The van der Waals surface area contributed by atoms with E-state index in [2.05, 4.69) is 5.10 Å². The zero-order chi connectivity index (χ0) is 13.8. The van der Waals surface area contributed by atoms with Crippen LogP contribution in [0.25, 0.3) is 0 Å². The van der Waals surface area contributed by atoms with E-state index in [4.69, 9.17) is 4.74 Å². The predicted octanol–water partition coefficient (Wildman–Crippen LogP) is 0.191. The van der Waals surface area contributed by atoms with E-state index in [0.29, 0.717) is 0 Å². The van der Waals surface area contributed by atoms with Crippen molar-refractivity contribution in [2.24, 2.45) is 0 Å². The number of carbonyl (C=O) groups is 1. The Morgan fingerprint density at radius 1 is 1.37 bits per heavy atom. The second-order valence-electron chi connectivity index (χ2n) is 3.53. The average molecular weight is 262 g/mol. The fourth-order valence-corrected chi connectivity index (χ4v) is 1.41. The van der Waals surface area contributed by atoms with Crippen LogP contribution in [0.2, 0.25) is 0 Å². The van der Waals surface area contributed by atoms with E-state index in [1.54, 1.807) is 6.07 Å². The summed E-state index contributed by atoms with van der Waals surface area (Å²) in [6.07, 6.45) is 1.37. The summed E-state index contributed by atoms with van der Waals surface area (Å²) in [6.45, 7) is -0.141. The van der Waals surface area contributed by atoms with E-state index in [0.717, 1.165) is 0 Å². The number of carboxylic acid groups (broad SMARTS) is 1. The summed E-state index contributed by atoms with van der Waals surface area (Å²) >= 11 is 0. The number of nitro benzene ring substituents is 1. The molecule has 0 bridgehead atoms. The molecule has 0 atom stereocenters. The first-order valence-corrected chi connectivity index (χ1v) is 5.19. The van der Waals surface area contributed by atoms with Gasteiger partial charge in [0, 0.05) is 12.3 Å². The molecule has 0 radical (unpaired) electrons. The number of para-hydroxylation sites is 2. The molecule has 1 aromatic carbocycles. The monoisotopic (exact) mass is 262 g/mol. The van der Waals surface area contributed by atoms with E-state index >= 15 is 0 Å². The highest BCUT2D eigenvalue weighted by Gasteiger charge is 2.13. The normalized spacial score (nSPS) is 10.1. The fourth-order valence-electron chi connectivity index (χ4n) is 1.41. The van der Waals surface area contributed by atoms with Crippen molar-refractivity contribution in [1.29, 1.82) is 0 Å². The molecule has 0 amide bonds. The van der Waals surface area contributed by atoms with Gasteiger partial charge in [-0.2, -0.15) is 5.10 Å². The van der Waals surface area contributed by atoms with Crippen molar-refractivity contribution in [3.8, 4) is 5.75 Å². The summed E-state index contributed by atoms with van der Waals surface area (Å²) < 4.78 is 6.42. The molecule has 98 valence electrons. The van der Waals surface area contributed by atoms with Crippen LogP contribution in [0.4, 0.5) is 5.69 Å². The molecule has 19 heavy (non-hydrogen) atoms. The SMILES string of the molecule is O=C([O-])c1ccn(COc2ccccc2[N+](=O)[O-])n1. The van der Waals surface area contributed by atoms with Crippen LogP contribution in [0.5, 0.6) is 5.75 Å². The molecule has 1 heterocycles. The number of ether oxygens (including phenoxy) is 1. The molecule has 8 heteroatoms. The number of carbonyl (C=O) groups excluding carboxylic acids is 1. The topological polar surface area (TPSA) is 110 Å². The molecule has 0 aliphatic heterocycles. The molecule has 0 unspecified atom stereocenters. The van der Waals surface area contributed by atoms with E-state index in [1.165, 1.54) is 35.1 Å². The second kappa shape index (κ2) is 5.17. The smallest absolute Gasteiger partial charge is 0.311 e. The Morgan fingerprint density at radius 3 is 2.74 bits per heavy atom. The summed E-state index contributed by atoms with van der Waals surface area (Å²) in [5.74, 6) is -1.32. The third kappa shape index (κ3) is 2.86. The zero-order valence-corrected chi connectivity index (χ0v) is 9.55. The second-order valence-corrected chi connectivity index (χ2v) is 3.53. The van der Waals surface area contributed by atoms with Crippen LogP contribution in [0, 0.1) is 10.1 Å². The molecular weight excluding hydrogens is 254 g/mol. The van der Waals surface area contributed by atoms with Gasteiger partial charge in [-0.3, -0.25) is 10.1 Å². The van der Waals surface area contributed by atoms with Crippen molar-refractivity contribution in [2.75, 3.05) is 0 Å². The Hall–Kier alpha value is -2.90. The number of rotatable bonds is 5. The predicted molar refractivity (Wildman–Crippen MR) is 60.3 cm³/mol. The van der Waals surface area contributed by atoms with Crippen LogP contribution in [-0.2, 0) is 6.73 Å². The first-order valence-electron chi connectivity index (χ1n) is 5.19. The van der Waals surface area contributed by atoms with Gasteiger partial charge in [0.1, 0.15) is 5.69 Å². The Morgan fingerprint density at radius 2 is 2.11 bits per heavy atom.